The second-order valence-corrected chi connectivity index (χ2v) is 9.33. The summed E-state index contributed by atoms with van der Waals surface area (Å²) < 4.78 is 13.1. The van der Waals surface area contributed by atoms with Crippen molar-refractivity contribution in [3.63, 3.8) is 0 Å². The zero-order chi connectivity index (χ0) is 21.0. The molecule has 1 aliphatic rings. The van der Waals surface area contributed by atoms with E-state index in [1.54, 1.807) is 16.2 Å². The smallest absolute Gasteiger partial charge is 0.244 e. The molecule has 3 rings (SSSR count). The first-order valence-electron chi connectivity index (χ1n) is 9.87. The van der Waals surface area contributed by atoms with Crippen LogP contribution in [0.2, 0.25) is 0 Å². The maximum Gasteiger partial charge on any atom is 0.244 e. The molecule has 1 saturated heterocycles. The normalized spacial score (nSPS) is 17.3. The number of likely N-dealkylation sites (tertiary alicyclic amines) is 1. The summed E-state index contributed by atoms with van der Waals surface area (Å²) in [6.07, 6.45) is 2.12. The molecular formula is C22H28FN3O2S. The van der Waals surface area contributed by atoms with E-state index in [1.165, 1.54) is 29.1 Å². The Morgan fingerprint density at radius 3 is 2.59 bits per heavy atom. The standard InChI is InChI=1S/C22H28FN3O2S/c1-22(2,3)26(14-20(27)24-17-10-8-16(23)9-11-17)21(28)15-25-12-4-6-18(25)19-7-5-13-29-19/h5,7-11,13,18H,4,6,12,14-15H2,1-3H3,(H,24,27)/t18-/m0/s1. The molecule has 1 aliphatic heterocycles. The fourth-order valence-corrected chi connectivity index (χ4v) is 4.55. The highest BCUT2D eigenvalue weighted by atomic mass is 32.1. The third-order valence-corrected chi connectivity index (χ3v) is 6.09. The molecule has 2 amide bonds. The van der Waals surface area contributed by atoms with Gasteiger partial charge in [0, 0.05) is 22.1 Å². The van der Waals surface area contributed by atoms with Crippen molar-refractivity contribution in [2.45, 2.75) is 45.2 Å². The van der Waals surface area contributed by atoms with E-state index in [4.69, 9.17) is 0 Å². The Bertz CT molecular complexity index is 831. The molecule has 1 aromatic heterocycles. The summed E-state index contributed by atoms with van der Waals surface area (Å²) in [6, 6.07) is 10.0. The number of hydrogen-bond acceptors (Lipinski definition) is 4. The van der Waals surface area contributed by atoms with E-state index in [-0.39, 0.29) is 30.2 Å². The van der Waals surface area contributed by atoms with E-state index in [9.17, 15) is 14.0 Å². The summed E-state index contributed by atoms with van der Waals surface area (Å²) in [7, 11) is 0. The molecule has 0 spiro atoms. The van der Waals surface area contributed by atoms with Crippen LogP contribution in [0, 0.1) is 5.82 Å². The number of nitrogens with zero attached hydrogens (tertiary/aromatic N) is 2. The zero-order valence-electron chi connectivity index (χ0n) is 17.2. The van der Waals surface area contributed by atoms with E-state index in [0.29, 0.717) is 12.2 Å². The quantitative estimate of drug-likeness (QED) is 0.763. The van der Waals surface area contributed by atoms with E-state index in [2.05, 4.69) is 21.7 Å². The van der Waals surface area contributed by atoms with Crippen molar-refractivity contribution in [1.29, 1.82) is 0 Å². The first-order chi connectivity index (χ1) is 13.7. The Morgan fingerprint density at radius 2 is 1.97 bits per heavy atom. The third-order valence-electron chi connectivity index (χ3n) is 5.11. The van der Waals surface area contributed by atoms with Gasteiger partial charge in [-0.3, -0.25) is 14.5 Å². The molecule has 1 atom stereocenters. The molecular weight excluding hydrogens is 389 g/mol. The van der Waals surface area contributed by atoms with Crippen LogP contribution < -0.4 is 5.32 Å². The Balaban J connectivity index is 1.65. The van der Waals surface area contributed by atoms with Crippen LogP contribution in [0.4, 0.5) is 10.1 Å². The lowest BCUT2D eigenvalue weighted by atomic mass is 10.1. The molecule has 7 heteroatoms. The highest BCUT2D eigenvalue weighted by molar-refractivity contribution is 7.10. The molecule has 0 radical (unpaired) electrons. The Hall–Kier alpha value is -2.25. The summed E-state index contributed by atoms with van der Waals surface area (Å²) >= 11 is 1.72. The van der Waals surface area contributed by atoms with E-state index >= 15 is 0 Å². The van der Waals surface area contributed by atoms with Crippen LogP contribution in [0.25, 0.3) is 0 Å². The first kappa shape index (κ1) is 21.5. The van der Waals surface area contributed by atoms with Crippen LogP contribution in [-0.4, -0.2) is 46.8 Å². The number of halogens is 1. The van der Waals surface area contributed by atoms with Crippen molar-refractivity contribution >= 4 is 28.8 Å². The first-order valence-corrected chi connectivity index (χ1v) is 10.8. The van der Waals surface area contributed by atoms with Gasteiger partial charge in [0.25, 0.3) is 0 Å². The minimum Gasteiger partial charge on any atom is -0.327 e. The van der Waals surface area contributed by atoms with Gasteiger partial charge >= 0.3 is 0 Å². The maximum absolute atomic E-state index is 13.2. The van der Waals surface area contributed by atoms with Crippen LogP contribution >= 0.6 is 11.3 Å². The second-order valence-electron chi connectivity index (χ2n) is 8.35. The molecule has 29 heavy (non-hydrogen) atoms. The predicted molar refractivity (Wildman–Crippen MR) is 114 cm³/mol. The van der Waals surface area contributed by atoms with E-state index in [1.807, 2.05) is 26.8 Å². The van der Waals surface area contributed by atoms with Gasteiger partial charge in [-0.25, -0.2) is 4.39 Å². The lowest BCUT2D eigenvalue weighted by molar-refractivity contribution is -0.140. The molecule has 0 bridgehead atoms. The molecule has 2 aromatic rings. The van der Waals surface area contributed by atoms with Crippen molar-refractivity contribution in [2.24, 2.45) is 0 Å². The highest BCUT2D eigenvalue weighted by Gasteiger charge is 2.33. The SMILES string of the molecule is CC(C)(C)N(CC(=O)Nc1ccc(F)cc1)C(=O)CN1CCC[C@H]1c1cccs1. The van der Waals surface area contributed by atoms with Gasteiger partial charge in [-0.05, 0) is 75.9 Å². The maximum atomic E-state index is 13.2. The number of carbonyl (C=O) groups is 2. The number of thiophene rings is 1. The van der Waals surface area contributed by atoms with Crippen LogP contribution in [0.1, 0.15) is 44.5 Å². The molecule has 156 valence electrons. The summed E-state index contributed by atoms with van der Waals surface area (Å²) in [4.78, 5) is 30.8. The summed E-state index contributed by atoms with van der Waals surface area (Å²) in [5.41, 5.74) is 0.0186. The average Bonchev–Trinajstić information content (AvgIpc) is 3.32. The van der Waals surface area contributed by atoms with Gasteiger partial charge in [0.15, 0.2) is 0 Å². The molecule has 0 saturated carbocycles. The number of carbonyl (C=O) groups excluding carboxylic acids is 2. The van der Waals surface area contributed by atoms with Crippen LogP contribution in [0.15, 0.2) is 41.8 Å². The number of amides is 2. The molecule has 0 unspecified atom stereocenters. The second kappa shape index (κ2) is 9.05. The average molecular weight is 418 g/mol. The number of hydrogen-bond donors (Lipinski definition) is 1. The van der Waals surface area contributed by atoms with Gasteiger partial charge in [0.2, 0.25) is 11.8 Å². The summed E-state index contributed by atoms with van der Waals surface area (Å²) in [5.74, 6) is -0.716. The van der Waals surface area contributed by atoms with Crippen molar-refractivity contribution < 1.29 is 14.0 Å². The summed E-state index contributed by atoms with van der Waals surface area (Å²) in [5, 5.41) is 4.80. The van der Waals surface area contributed by atoms with Crippen LogP contribution in [0.3, 0.4) is 0 Å². The van der Waals surface area contributed by atoms with Gasteiger partial charge in [0.1, 0.15) is 12.4 Å². The third kappa shape index (κ3) is 5.64. The topological polar surface area (TPSA) is 52.7 Å². The van der Waals surface area contributed by atoms with Gasteiger partial charge in [-0.15, -0.1) is 11.3 Å². The molecule has 1 N–H and O–H groups in total. The van der Waals surface area contributed by atoms with Gasteiger partial charge in [-0.1, -0.05) is 6.07 Å². The summed E-state index contributed by atoms with van der Waals surface area (Å²) in [6.45, 7) is 6.92. The zero-order valence-corrected chi connectivity index (χ0v) is 18.0. The fourth-order valence-electron chi connectivity index (χ4n) is 3.65. The minimum absolute atomic E-state index is 0.0444. The number of benzene rings is 1. The molecule has 1 aromatic carbocycles. The minimum atomic E-state index is -0.491. The molecule has 2 heterocycles. The highest BCUT2D eigenvalue weighted by Crippen LogP contribution is 2.34. The van der Waals surface area contributed by atoms with Crippen molar-refractivity contribution in [1.82, 2.24) is 9.80 Å². The van der Waals surface area contributed by atoms with Crippen LogP contribution in [0.5, 0.6) is 0 Å². The number of rotatable bonds is 6. The van der Waals surface area contributed by atoms with Crippen molar-refractivity contribution in [3.8, 4) is 0 Å². The monoisotopic (exact) mass is 417 g/mol. The lowest BCUT2D eigenvalue weighted by Crippen LogP contribution is -2.52. The van der Waals surface area contributed by atoms with Crippen LogP contribution in [-0.2, 0) is 9.59 Å². The van der Waals surface area contributed by atoms with E-state index in [0.717, 1.165) is 19.4 Å². The lowest BCUT2D eigenvalue weighted by Gasteiger charge is -2.37. The molecule has 0 aliphatic carbocycles. The van der Waals surface area contributed by atoms with Gasteiger partial charge in [-0.2, -0.15) is 0 Å². The van der Waals surface area contributed by atoms with Crippen molar-refractivity contribution in [2.75, 3.05) is 25.0 Å². The Labute approximate surface area is 175 Å². The predicted octanol–water partition coefficient (Wildman–Crippen LogP) is 4.29. The fraction of sp³-hybridized carbons (Fsp3) is 0.455. The number of nitrogens with one attached hydrogen (secondary N) is 1. The van der Waals surface area contributed by atoms with Gasteiger partial charge < -0.3 is 10.2 Å². The van der Waals surface area contributed by atoms with Gasteiger partial charge in [0.05, 0.1) is 6.54 Å². The molecule has 5 nitrogen and oxygen atoms in total. The Kier molecular flexibility index (Phi) is 6.70. The largest absolute Gasteiger partial charge is 0.327 e. The van der Waals surface area contributed by atoms with Crippen molar-refractivity contribution in [3.05, 3.63) is 52.5 Å². The number of anilines is 1. The van der Waals surface area contributed by atoms with E-state index < -0.39 is 5.54 Å². The molecule has 1 fully saturated rings. The Morgan fingerprint density at radius 1 is 1.24 bits per heavy atom.